The van der Waals surface area contributed by atoms with Crippen molar-refractivity contribution in [3.8, 4) is 5.75 Å². The van der Waals surface area contributed by atoms with E-state index in [4.69, 9.17) is 16.3 Å². The van der Waals surface area contributed by atoms with Gasteiger partial charge in [-0.05, 0) is 18.2 Å². The smallest absolute Gasteiger partial charge is 0.274 e. The molecule has 0 saturated heterocycles. The summed E-state index contributed by atoms with van der Waals surface area (Å²) in [5.74, 6) is 0.460. The molecule has 0 unspecified atom stereocenters. The van der Waals surface area contributed by atoms with Crippen molar-refractivity contribution in [3.05, 3.63) is 51.5 Å². The molecule has 0 fully saturated rings. The van der Waals surface area contributed by atoms with Crippen LogP contribution < -0.4 is 4.74 Å². The lowest BCUT2D eigenvalue weighted by atomic mass is 10.2. The van der Waals surface area contributed by atoms with Crippen LogP contribution in [0.25, 0.3) is 0 Å². The number of amides is 1. The molecule has 0 aliphatic heterocycles. The van der Waals surface area contributed by atoms with Crippen LogP contribution in [0.1, 0.15) is 16.1 Å². The second-order valence-corrected chi connectivity index (χ2v) is 5.65. The number of hydrogen-bond acceptors (Lipinski definition) is 4. The summed E-state index contributed by atoms with van der Waals surface area (Å²) in [6, 6.07) is 5.63. The topological polar surface area (TPSA) is 55.3 Å². The number of carbonyl (C=O) groups is 1. The maximum Gasteiger partial charge on any atom is 0.274 e. The first-order chi connectivity index (χ1) is 10.0. The minimum atomic E-state index is -0.257. The summed E-state index contributed by atoms with van der Waals surface area (Å²) < 4.78 is 6.22. The van der Waals surface area contributed by atoms with Gasteiger partial charge in [-0.15, -0.1) is 0 Å². The van der Waals surface area contributed by atoms with E-state index < -0.39 is 0 Å². The van der Waals surface area contributed by atoms with Crippen molar-refractivity contribution in [2.45, 2.75) is 6.54 Å². The van der Waals surface area contributed by atoms with Crippen LogP contribution >= 0.6 is 27.5 Å². The predicted octanol–water partition coefficient (Wildman–Crippen LogP) is 3.17. The fourth-order valence-electron chi connectivity index (χ4n) is 1.84. The summed E-state index contributed by atoms with van der Waals surface area (Å²) in [6.07, 6.45) is 2.78. The molecule has 0 N–H and O–H groups in total. The van der Waals surface area contributed by atoms with E-state index in [2.05, 4.69) is 25.9 Å². The fraction of sp³-hybridized carbons (Fsp3) is 0.214. The zero-order valence-electron chi connectivity index (χ0n) is 11.5. The highest BCUT2D eigenvalue weighted by molar-refractivity contribution is 9.10. The summed E-state index contributed by atoms with van der Waals surface area (Å²) >= 11 is 9.16. The van der Waals surface area contributed by atoms with Gasteiger partial charge in [-0.1, -0.05) is 27.5 Å². The average Bonchev–Trinajstić information content (AvgIpc) is 2.46. The number of aromatic nitrogens is 2. The Morgan fingerprint density at radius 3 is 2.86 bits per heavy atom. The Hall–Kier alpha value is -1.66. The quantitative estimate of drug-likeness (QED) is 0.829. The molecule has 0 aliphatic carbocycles. The molecule has 2 rings (SSSR count). The Morgan fingerprint density at radius 1 is 1.43 bits per heavy atom. The summed E-state index contributed by atoms with van der Waals surface area (Å²) in [4.78, 5) is 21.7. The second-order valence-electron chi connectivity index (χ2n) is 4.34. The van der Waals surface area contributed by atoms with E-state index in [9.17, 15) is 4.79 Å². The van der Waals surface area contributed by atoms with Gasteiger partial charge in [-0.3, -0.25) is 9.78 Å². The largest absolute Gasteiger partial charge is 0.496 e. The zero-order chi connectivity index (χ0) is 15.4. The number of nitrogens with zero attached hydrogens (tertiary/aromatic N) is 3. The van der Waals surface area contributed by atoms with Gasteiger partial charge in [0.25, 0.3) is 5.91 Å². The maximum atomic E-state index is 12.3. The Balaban J connectivity index is 2.19. The van der Waals surface area contributed by atoms with Gasteiger partial charge >= 0.3 is 0 Å². The van der Waals surface area contributed by atoms with Crippen molar-refractivity contribution in [1.29, 1.82) is 0 Å². The van der Waals surface area contributed by atoms with Crippen LogP contribution in [-0.2, 0) is 6.54 Å². The average molecular weight is 371 g/mol. The van der Waals surface area contributed by atoms with Crippen molar-refractivity contribution in [3.63, 3.8) is 0 Å². The lowest BCUT2D eigenvalue weighted by Crippen LogP contribution is -2.27. The first-order valence-electron chi connectivity index (χ1n) is 6.06. The highest BCUT2D eigenvalue weighted by Crippen LogP contribution is 2.24. The van der Waals surface area contributed by atoms with E-state index >= 15 is 0 Å². The summed E-state index contributed by atoms with van der Waals surface area (Å²) in [7, 11) is 3.28. The molecule has 0 aliphatic rings. The predicted molar refractivity (Wildman–Crippen MR) is 83.5 cm³/mol. The van der Waals surface area contributed by atoms with Gasteiger partial charge in [0.1, 0.15) is 16.6 Å². The molecule has 0 spiro atoms. The molecule has 1 heterocycles. The third kappa shape index (κ3) is 3.92. The molecule has 1 aromatic heterocycles. The minimum absolute atomic E-state index is 0.189. The second kappa shape index (κ2) is 6.87. The van der Waals surface area contributed by atoms with Crippen LogP contribution in [-0.4, -0.2) is 34.9 Å². The standard InChI is InChI=1S/C14H13BrClN3O2/c1-19(14(20)11-6-17-7-13(16)18-11)8-9-5-10(15)3-4-12(9)21-2/h3-7H,8H2,1-2H3. The van der Waals surface area contributed by atoms with Gasteiger partial charge in [-0.2, -0.15) is 0 Å². The molecule has 21 heavy (non-hydrogen) atoms. The van der Waals surface area contributed by atoms with Gasteiger partial charge in [0.15, 0.2) is 0 Å². The lowest BCUT2D eigenvalue weighted by molar-refractivity contribution is 0.0778. The third-order valence-corrected chi connectivity index (χ3v) is 3.50. The van der Waals surface area contributed by atoms with Crippen LogP contribution in [0.2, 0.25) is 5.15 Å². The Morgan fingerprint density at radius 2 is 2.19 bits per heavy atom. The number of ether oxygens (including phenoxy) is 1. The van der Waals surface area contributed by atoms with Gasteiger partial charge in [0, 0.05) is 23.6 Å². The third-order valence-electron chi connectivity index (χ3n) is 2.82. The van der Waals surface area contributed by atoms with Crippen molar-refractivity contribution < 1.29 is 9.53 Å². The molecule has 1 amide bonds. The first kappa shape index (κ1) is 15.7. The number of hydrogen-bond donors (Lipinski definition) is 0. The molecule has 0 bridgehead atoms. The van der Waals surface area contributed by atoms with Crippen LogP contribution in [0.4, 0.5) is 0 Å². The SMILES string of the molecule is COc1ccc(Br)cc1CN(C)C(=O)c1cncc(Cl)n1. The van der Waals surface area contributed by atoms with Gasteiger partial charge in [0.05, 0.1) is 19.5 Å². The Bertz CT molecular complexity index is 666. The fourth-order valence-corrected chi connectivity index (χ4v) is 2.39. The van der Waals surface area contributed by atoms with Crippen LogP contribution in [0.15, 0.2) is 35.1 Å². The summed E-state index contributed by atoms with van der Waals surface area (Å²) in [5, 5.41) is 0.189. The molecule has 7 heteroatoms. The first-order valence-corrected chi connectivity index (χ1v) is 7.24. The molecular formula is C14H13BrClN3O2. The normalized spacial score (nSPS) is 10.3. The highest BCUT2D eigenvalue weighted by Gasteiger charge is 2.16. The van der Waals surface area contributed by atoms with E-state index in [-0.39, 0.29) is 16.8 Å². The Kier molecular flexibility index (Phi) is 5.14. The van der Waals surface area contributed by atoms with E-state index in [1.807, 2.05) is 18.2 Å². The van der Waals surface area contributed by atoms with Gasteiger partial charge in [0.2, 0.25) is 0 Å². The zero-order valence-corrected chi connectivity index (χ0v) is 13.8. The monoisotopic (exact) mass is 369 g/mol. The summed E-state index contributed by atoms with van der Waals surface area (Å²) in [5.41, 5.74) is 1.09. The van der Waals surface area contributed by atoms with E-state index in [0.717, 1.165) is 15.8 Å². The van der Waals surface area contributed by atoms with Crippen molar-refractivity contribution >= 4 is 33.4 Å². The lowest BCUT2D eigenvalue weighted by Gasteiger charge is -2.18. The molecule has 2 aromatic rings. The van der Waals surface area contributed by atoms with Gasteiger partial charge < -0.3 is 9.64 Å². The molecule has 110 valence electrons. The van der Waals surface area contributed by atoms with Crippen LogP contribution in [0, 0.1) is 0 Å². The molecule has 0 saturated carbocycles. The molecule has 0 atom stereocenters. The highest BCUT2D eigenvalue weighted by atomic mass is 79.9. The number of benzene rings is 1. The van der Waals surface area contributed by atoms with Gasteiger partial charge in [-0.25, -0.2) is 4.98 Å². The molecule has 0 radical (unpaired) electrons. The van der Waals surface area contributed by atoms with E-state index in [0.29, 0.717) is 6.54 Å². The maximum absolute atomic E-state index is 12.3. The van der Waals surface area contributed by atoms with Crippen molar-refractivity contribution in [1.82, 2.24) is 14.9 Å². The van der Waals surface area contributed by atoms with Crippen molar-refractivity contribution in [2.24, 2.45) is 0 Å². The Labute approximate surface area is 136 Å². The number of rotatable bonds is 4. The molecule has 5 nitrogen and oxygen atoms in total. The number of methoxy groups -OCH3 is 1. The minimum Gasteiger partial charge on any atom is -0.496 e. The molecular weight excluding hydrogens is 358 g/mol. The van der Waals surface area contributed by atoms with Crippen LogP contribution in [0.3, 0.4) is 0 Å². The molecule has 1 aromatic carbocycles. The van der Waals surface area contributed by atoms with E-state index in [1.54, 1.807) is 14.2 Å². The number of halogens is 2. The van der Waals surface area contributed by atoms with Crippen LogP contribution in [0.5, 0.6) is 5.75 Å². The number of carbonyl (C=O) groups excluding carboxylic acids is 1. The van der Waals surface area contributed by atoms with E-state index in [1.165, 1.54) is 17.3 Å². The van der Waals surface area contributed by atoms with Crippen molar-refractivity contribution in [2.75, 3.05) is 14.2 Å². The summed E-state index contributed by atoms with van der Waals surface area (Å²) in [6.45, 7) is 0.385.